The van der Waals surface area contributed by atoms with Gasteiger partial charge in [0.1, 0.15) is 5.92 Å². The molecule has 2 rings (SSSR count). The normalized spacial score (nSPS) is 13.2. The van der Waals surface area contributed by atoms with Crippen molar-refractivity contribution in [2.24, 2.45) is 17.6 Å². The molecule has 0 bridgehead atoms. The zero-order valence-corrected chi connectivity index (χ0v) is 22.2. The highest BCUT2D eigenvalue weighted by atomic mass is 35.5. The van der Waals surface area contributed by atoms with Crippen LogP contribution in [0.1, 0.15) is 32.8 Å². The smallest absolute Gasteiger partial charge is 0.264 e. The van der Waals surface area contributed by atoms with Crippen LogP contribution in [0.3, 0.4) is 0 Å². The van der Waals surface area contributed by atoms with Crippen molar-refractivity contribution in [3.8, 4) is 11.1 Å². The Balaban J connectivity index is 2.33. The number of hydrogen-bond acceptors (Lipinski definition) is 6. The summed E-state index contributed by atoms with van der Waals surface area (Å²) in [6.45, 7) is 5.16. The molecule has 0 aliphatic carbocycles. The van der Waals surface area contributed by atoms with Crippen LogP contribution in [0.5, 0.6) is 0 Å². The number of carbonyl (C=O) groups is 3. The van der Waals surface area contributed by atoms with E-state index >= 15 is 0 Å². The molecule has 35 heavy (non-hydrogen) atoms. The number of thiol groups is 1. The average Bonchev–Trinajstić information content (AvgIpc) is 2.75. The summed E-state index contributed by atoms with van der Waals surface area (Å²) in [6, 6.07) is 10.7. The molecular weight excluding hydrogens is 510 g/mol. The number of benzene rings is 2. The van der Waals surface area contributed by atoms with E-state index in [4.69, 9.17) is 17.3 Å². The van der Waals surface area contributed by atoms with E-state index in [0.29, 0.717) is 34.8 Å². The van der Waals surface area contributed by atoms with Crippen molar-refractivity contribution < 1.29 is 22.8 Å². The van der Waals surface area contributed by atoms with Crippen molar-refractivity contribution >= 4 is 52.0 Å². The van der Waals surface area contributed by atoms with Gasteiger partial charge < -0.3 is 11.1 Å². The highest BCUT2D eigenvalue weighted by Crippen LogP contribution is 2.34. The van der Waals surface area contributed by atoms with Gasteiger partial charge in [0.05, 0.1) is 4.90 Å². The second-order valence-electron chi connectivity index (χ2n) is 8.65. The van der Waals surface area contributed by atoms with E-state index < -0.39 is 33.7 Å². The van der Waals surface area contributed by atoms with Crippen molar-refractivity contribution in [2.75, 3.05) is 5.75 Å². The van der Waals surface area contributed by atoms with Crippen molar-refractivity contribution in [2.45, 2.75) is 44.6 Å². The van der Waals surface area contributed by atoms with Crippen LogP contribution in [0.25, 0.3) is 11.1 Å². The summed E-state index contributed by atoms with van der Waals surface area (Å²) in [5.41, 5.74) is 6.80. The van der Waals surface area contributed by atoms with Crippen LogP contribution in [0, 0.1) is 11.8 Å². The molecule has 0 radical (unpaired) electrons. The van der Waals surface area contributed by atoms with E-state index in [9.17, 15) is 22.8 Å². The third kappa shape index (κ3) is 7.98. The summed E-state index contributed by atoms with van der Waals surface area (Å²) in [7, 11) is -4.11. The minimum atomic E-state index is -4.11. The lowest BCUT2D eigenvalue weighted by Gasteiger charge is -2.22. The van der Waals surface area contributed by atoms with E-state index in [1.165, 1.54) is 12.1 Å². The summed E-state index contributed by atoms with van der Waals surface area (Å²) in [6.07, 6.45) is 0.732. The van der Waals surface area contributed by atoms with E-state index in [1.807, 2.05) is 18.6 Å². The molecule has 4 N–H and O–H groups in total. The third-order valence-corrected chi connectivity index (χ3v) is 7.45. The van der Waals surface area contributed by atoms with Gasteiger partial charge in [-0.3, -0.25) is 14.4 Å². The van der Waals surface area contributed by atoms with Gasteiger partial charge in [0, 0.05) is 34.9 Å². The average molecular weight is 540 g/mol. The number of nitrogens with two attached hydrogens (primary N) is 1. The third-order valence-electron chi connectivity index (χ3n) is 5.20. The van der Waals surface area contributed by atoms with Crippen LogP contribution in [0.15, 0.2) is 47.4 Å². The molecule has 0 aromatic heterocycles. The molecule has 0 heterocycles. The number of halogens is 1. The fourth-order valence-electron chi connectivity index (χ4n) is 3.68. The summed E-state index contributed by atoms with van der Waals surface area (Å²) < 4.78 is 27.2. The number of primary amides is 1. The molecule has 190 valence electrons. The number of amides is 3. The Morgan fingerprint density at radius 2 is 1.74 bits per heavy atom. The second kappa shape index (κ2) is 12.4. The van der Waals surface area contributed by atoms with Crippen LogP contribution >= 0.6 is 24.2 Å². The Morgan fingerprint density at radius 1 is 1.09 bits per heavy atom. The van der Waals surface area contributed by atoms with Crippen LogP contribution in [-0.2, 0) is 30.8 Å². The highest BCUT2D eigenvalue weighted by molar-refractivity contribution is 7.90. The lowest BCUT2D eigenvalue weighted by atomic mass is 9.95. The molecule has 0 aliphatic rings. The van der Waals surface area contributed by atoms with Gasteiger partial charge in [0.2, 0.25) is 17.7 Å². The largest absolute Gasteiger partial charge is 0.369 e. The number of sulfonamides is 1. The van der Waals surface area contributed by atoms with E-state index in [1.54, 1.807) is 30.3 Å². The highest BCUT2D eigenvalue weighted by Gasteiger charge is 2.27. The minimum absolute atomic E-state index is 0.0218. The second-order valence-corrected chi connectivity index (χ2v) is 11.1. The van der Waals surface area contributed by atoms with Crippen molar-refractivity contribution in [1.29, 1.82) is 0 Å². The Bertz CT molecular complexity index is 1200. The molecule has 0 saturated carbocycles. The van der Waals surface area contributed by atoms with Gasteiger partial charge >= 0.3 is 0 Å². The molecule has 11 heteroatoms. The molecule has 0 saturated heterocycles. The summed E-state index contributed by atoms with van der Waals surface area (Å²) in [5, 5.41) is 3.05. The maximum Gasteiger partial charge on any atom is 0.264 e. The fourth-order valence-corrected chi connectivity index (χ4v) is 5.44. The predicted molar refractivity (Wildman–Crippen MR) is 140 cm³/mol. The molecule has 8 nitrogen and oxygen atoms in total. The topological polar surface area (TPSA) is 135 Å². The maximum absolute atomic E-state index is 12.8. The number of rotatable bonds is 11. The molecule has 2 aromatic carbocycles. The van der Waals surface area contributed by atoms with Gasteiger partial charge in [0.15, 0.2) is 0 Å². The van der Waals surface area contributed by atoms with Gasteiger partial charge in [-0.1, -0.05) is 55.8 Å². The SMILES string of the molecule is CC(=O)NS(=O)(=O)c1ccccc1-c1ccc(CC(C(N)=O)C(=O)N[C@@H](CS)CC(C)C)cc1Cl. The van der Waals surface area contributed by atoms with Crippen LogP contribution in [0.2, 0.25) is 5.02 Å². The van der Waals surface area contributed by atoms with E-state index in [-0.39, 0.29) is 22.4 Å². The lowest BCUT2D eigenvalue weighted by molar-refractivity contribution is -0.133. The predicted octanol–water partition coefficient (Wildman–Crippen LogP) is 2.94. The van der Waals surface area contributed by atoms with Gasteiger partial charge in [-0.15, -0.1) is 0 Å². The minimum Gasteiger partial charge on any atom is -0.369 e. The van der Waals surface area contributed by atoms with Gasteiger partial charge in [-0.25, -0.2) is 13.1 Å². The fraction of sp³-hybridized carbons (Fsp3) is 0.375. The van der Waals surface area contributed by atoms with E-state index in [0.717, 1.165) is 6.92 Å². The van der Waals surface area contributed by atoms with Crippen LogP contribution < -0.4 is 15.8 Å². The lowest BCUT2D eigenvalue weighted by Crippen LogP contribution is -2.45. The Morgan fingerprint density at radius 3 is 2.29 bits per heavy atom. The monoisotopic (exact) mass is 539 g/mol. The number of hydrogen-bond donors (Lipinski definition) is 4. The molecule has 2 atom stereocenters. The number of carbonyl (C=O) groups excluding carboxylic acids is 3. The van der Waals surface area contributed by atoms with Crippen LogP contribution in [-0.4, -0.2) is 37.9 Å². The van der Waals surface area contributed by atoms with Gasteiger partial charge in [-0.05, 0) is 36.5 Å². The summed E-state index contributed by atoms with van der Waals surface area (Å²) in [4.78, 5) is 36.1. The molecule has 0 spiro atoms. The molecule has 3 amide bonds. The van der Waals surface area contributed by atoms with Crippen molar-refractivity contribution in [3.63, 3.8) is 0 Å². The molecule has 2 aromatic rings. The Labute approximate surface area is 216 Å². The first-order valence-electron chi connectivity index (χ1n) is 11.0. The Hall–Kier alpha value is -2.56. The number of nitrogens with one attached hydrogen (secondary N) is 2. The quantitative estimate of drug-likeness (QED) is 0.257. The molecule has 0 fully saturated rings. The molecule has 1 unspecified atom stereocenters. The van der Waals surface area contributed by atoms with Crippen molar-refractivity contribution in [3.05, 3.63) is 53.1 Å². The maximum atomic E-state index is 12.8. The first-order valence-corrected chi connectivity index (χ1v) is 13.5. The zero-order valence-electron chi connectivity index (χ0n) is 19.7. The first kappa shape index (κ1) is 28.7. The summed E-state index contributed by atoms with van der Waals surface area (Å²) >= 11 is 10.8. The first-order chi connectivity index (χ1) is 16.4. The van der Waals surface area contributed by atoms with Gasteiger partial charge in [0.25, 0.3) is 10.0 Å². The summed E-state index contributed by atoms with van der Waals surface area (Å²) in [5.74, 6) is -2.31. The molecule has 0 aliphatic heterocycles. The van der Waals surface area contributed by atoms with Crippen LogP contribution in [0.4, 0.5) is 0 Å². The molecular formula is C24H30ClN3O5S2. The standard InChI is InChI=1S/C24H30ClN3O5S2/c1-14(2)10-17(13-34)27-24(31)20(23(26)30)11-16-8-9-18(21(25)12-16)19-6-4-5-7-22(19)35(32,33)28-15(3)29/h4-9,12,14,17,20,34H,10-11,13H2,1-3H3,(H2,26,30)(H,27,31)(H,28,29)/t17-,20?/m1/s1. The van der Waals surface area contributed by atoms with Gasteiger partial charge in [-0.2, -0.15) is 12.6 Å². The Kier molecular flexibility index (Phi) is 10.2. The van der Waals surface area contributed by atoms with Crippen molar-refractivity contribution in [1.82, 2.24) is 10.0 Å². The van der Waals surface area contributed by atoms with E-state index in [2.05, 4.69) is 17.9 Å². The zero-order chi connectivity index (χ0) is 26.3.